The van der Waals surface area contributed by atoms with Gasteiger partial charge in [0.05, 0.1) is 14.2 Å². The topological polar surface area (TPSA) is 105 Å². The molecule has 0 atom stereocenters. The highest BCUT2D eigenvalue weighted by Gasteiger charge is 2.19. The van der Waals surface area contributed by atoms with Gasteiger partial charge in [0.1, 0.15) is 0 Å². The molecule has 114 valence electrons. The largest absolute Gasteiger partial charge is 0.493 e. The van der Waals surface area contributed by atoms with Crippen molar-refractivity contribution in [2.45, 2.75) is 0 Å². The van der Waals surface area contributed by atoms with Gasteiger partial charge < -0.3 is 25.0 Å². The van der Waals surface area contributed by atoms with Crippen LogP contribution in [0.2, 0.25) is 0 Å². The first-order valence-electron chi connectivity index (χ1n) is 6.02. The standard InChI is InChI=1S/C12H15NO2.C2H2O4/c1-13-7-9-4-8-5-11(14-2)12(15-3)6-10(8)9;3-1(4)2(5)6/h4-6,13H,7H2,1-3H3;(H,3,4)(H,5,6). The number of nitrogens with one attached hydrogen (secondary N) is 1. The van der Waals surface area contributed by atoms with Crippen molar-refractivity contribution in [3.05, 3.63) is 23.3 Å². The van der Waals surface area contributed by atoms with E-state index in [-0.39, 0.29) is 0 Å². The number of likely N-dealkylation sites (N-methyl/N-ethyl adjacent to an activating group) is 1. The predicted octanol–water partition coefficient (Wildman–Crippen LogP) is 0.933. The van der Waals surface area contributed by atoms with E-state index < -0.39 is 11.9 Å². The summed E-state index contributed by atoms with van der Waals surface area (Å²) in [5.74, 6) is -2.07. The second kappa shape index (κ2) is 7.30. The number of hydrogen-bond acceptors (Lipinski definition) is 5. The minimum absolute atomic E-state index is 0.788. The van der Waals surface area contributed by atoms with Gasteiger partial charge >= 0.3 is 11.9 Å². The van der Waals surface area contributed by atoms with Crippen LogP contribution in [0.1, 0.15) is 11.1 Å². The van der Waals surface area contributed by atoms with E-state index in [2.05, 4.69) is 11.4 Å². The first-order chi connectivity index (χ1) is 9.94. The maximum Gasteiger partial charge on any atom is 0.414 e. The highest BCUT2D eigenvalue weighted by molar-refractivity contribution is 6.27. The summed E-state index contributed by atoms with van der Waals surface area (Å²) in [6, 6.07) is 4.04. The summed E-state index contributed by atoms with van der Waals surface area (Å²) in [6.45, 7) is 0.891. The molecule has 1 aliphatic rings. The summed E-state index contributed by atoms with van der Waals surface area (Å²) >= 11 is 0. The van der Waals surface area contributed by atoms with Crippen LogP contribution in [0, 0.1) is 0 Å². The molecule has 0 heterocycles. The number of carbonyl (C=O) groups is 2. The van der Waals surface area contributed by atoms with Crippen LogP contribution in [-0.2, 0) is 9.59 Å². The van der Waals surface area contributed by atoms with Crippen LogP contribution in [-0.4, -0.2) is 50.0 Å². The van der Waals surface area contributed by atoms with Crippen LogP contribution >= 0.6 is 0 Å². The molecule has 1 aromatic carbocycles. The number of methoxy groups -OCH3 is 2. The Morgan fingerprint density at radius 3 is 2.05 bits per heavy atom. The van der Waals surface area contributed by atoms with E-state index in [0.29, 0.717) is 0 Å². The zero-order valence-corrected chi connectivity index (χ0v) is 12.0. The number of benzene rings is 1. The molecule has 3 N–H and O–H groups in total. The van der Waals surface area contributed by atoms with Crippen LogP contribution in [0.3, 0.4) is 0 Å². The van der Waals surface area contributed by atoms with Crippen molar-refractivity contribution < 1.29 is 29.3 Å². The number of aliphatic carboxylic acids is 2. The number of hydrogen-bond donors (Lipinski definition) is 3. The van der Waals surface area contributed by atoms with Gasteiger partial charge in [-0.15, -0.1) is 0 Å². The van der Waals surface area contributed by atoms with Gasteiger partial charge in [-0.05, 0) is 42.0 Å². The second-order valence-corrected chi connectivity index (χ2v) is 4.10. The third kappa shape index (κ3) is 3.96. The first kappa shape index (κ1) is 16.5. The fraction of sp³-hybridized carbons (Fsp3) is 0.286. The maximum atomic E-state index is 9.10. The van der Waals surface area contributed by atoms with Gasteiger partial charge in [-0.1, -0.05) is 0 Å². The molecule has 7 nitrogen and oxygen atoms in total. The molecule has 0 aromatic heterocycles. The number of ether oxygens (including phenoxy) is 2. The highest BCUT2D eigenvalue weighted by atomic mass is 16.5. The second-order valence-electron chi connectivity index (χ2n) is 4.10. The lowest BCUT2D eigenvalue weighted by Crippen LogP contribution is -2.14. The van der Waals surface area contributed by atoms with Crippen molar-refractivity contribution in [3.63, 3.8) is 0 Å². The predicted molar refractivity (Wildman–Crippen MR) is 76.6 cm³/mol. The minimum atomic E-state index is -1.82. The zero-order valence-electron chi connectivity index (χ0n) is 12.0. The lowest BCUT2D eigenvalue weighted by Gasteiger charge is -2.22. The van der Waals surface area contributed by atoms with Crippen LogP contribution < -0.4 is 14.8 Å². The molecular weight excluding hydrogens is 278 g/mol. The molecule has 0 bridgehead atoms. The third-order valence-corrected chi connectivity index (χ3v) is 2.78. The van der Waals surface area contributed by atoms with Crippen LogP contribution in [0.4, 0.5) is 0 Å². The Hall–Kier alpha value is -2.54. The fourth-order valence-corrected chi connectivity index (χ4v) is 1.82. The Kier molecular flexibility index (Phi) is 5.74. The maximum absolute atomic E-state index is 9.10. The van der Waals surface area contributed by atoms with Crippen molar-refractivity contribution in [3.8, 4) is 11.5 Å². The van der Waals surface area contributed by atoms with Gasteiger partial charge in [0.15, 0.2) is 11.5 Å². The summed E-state index contributed by atoms with van der Waals surface area (Å²) in [4.78, 5) is 18.2. The van der Waals surface area contributed by atoms with E-state index in [1.165, 1.54) is 16.7 Å². The van der Waals surface area contributed by atoms with Crippen LogP contribution in [0.25, 0.3) is 11.6 Å². The smallest absolute Gasteiger partial charge is 0.414 e. The van der Waals surface area contributed by atoms with Crippen molar-refractivity contribution in [1.29, 1.82) is 0 Å². The number of fused-ring (bicyclic) bond motifs is 1. The van der Waals surface area contributed by atoms with Crippen molar-refractivity contribution in [1.82, 2.24) is 5.32 Å². The molecule has 7 heteroatoms. The molecular formula is C14H17NO6. The quantitative estimate of drug-likeness (QED) is 0.710. The summed E-state index contributed by atoms with van der Waals surface area (Å²) in [6.07, 6.45) is 2.16. The third-order valence-electron chi connectivity index (χ3n) is 2.78. The van der Waals surface area contributed by atoms with Crippen molar-refractivity contribution in [2.75, 3.05) is 27.8 Å². The van der Waals surface area contributed by atoms with Crippen LogP contribution in [0.5, 0.6) is 11.5 Å². The molecule has 0 amide bonds. The normalized spacial score (nSPS) is 11.1. The molecule has 2 rings (SSSR count). The Bertz CT molecular complexity index is 567. The van der Waals surface area contributed by atoms with E-state index in [1.54, 1.807) is 14.2 Å². The van der Waals surface area contributed by atoms with Gasteiger partial charge in [-0.3, -0.25) is 0 Å². The Morgan fingerprint density at radius 1 is 1.10 bits per heavy atom. The Morgan fingerprint density at radius 2 is 1.62 bits per heavy atom. The van der Waals surface area contributed by atoms with E-state index in [9.17, 15) is 0 Å². The Balaban J connectivity index is 0.000000315. The van der Waals surface area contributed by atoms with E-state index in [4.69, 9.17) is 29.3 Å². The molecule has 0 spiro atoms. The van der Waals surface area contributed by atoms with Gasteiger partial charge in [0.25, 0.3) is 0 Å². The summed E-state index contributed by atoms with van der Waals surface area (Å²) < 4.78 is 10.5. The molecule has 0 unspecified atom stereocenters. The molecule has 0 saturated carbocycles. The molecule has 1 aliphatic carbocycles. The monoisotopic (exact) mass is 295 g/mol. The van der Waals surface area contributed by atoms with E-state index in [1.807, 2.05) is 19.2 Å². The fourth-order valence-electron chi connectivity index (χ4n) is 1.82. The van der Waals surface area contributed by atoms with Gasteiger partial charge in [-0.25, -0.2) is 9.59 Å². The van der Waals surface area contributed by atoms with Crippen molar-refractivity contribution in [2.24, 2.45) is 0 Å². The van der Waals surface area contributed by atoms with Crippen molar-refractivity contribution >= 4 is 23.6 Å². The Labute approximate surface area is 121 Å². The minimum Gasteiger partial charge on any atom is -0.493 e. The summed E-state index contributed by atoms with van der Waals surface area (Å²) in [5, 5.41) is 17.9. The lowest BCUT2D eigenvalue weighted by molar-refractivity contribution is -0.159. The first-order valence-corrected chi connectivity index (χ1v) is 6.02. The van der Waals surface area contributed by atoms with Gasteiger partial charge in [0, 0.05) is 6.54 Å². The highest BCUT2D eigenvalue weighted by Crippen LogP contribution is 2.40. The van der Waals surface area contributed by atoms with E-state index in [0.717, 1.165) is 18.0 Å². The van der Waals surface area contributed by atoms with Crippen LogP contribution in [0.15, 0.2) is 12.1 Å². The molecule has 0 saturated heterocycles. The molecule has 1 aromatic rings. The summed E-state index contributed by atoms with van der Waals surface area (Å²) in [5.41, 5.74) is 3.79. The lowest BCUT2D eigenvalue weighted by atomic mass is 9.88. The average Bonchev–Trinajstić information content (AvgIpc) is 2.44. The SMILES string of the molecule is CNCC1=Cc2cc(OC)c(OC)cc21.O=C(O)C(=O)O. The number of carboxylic acid groups (broad SMARTS) is 2. The molecule has 0 radical (unpaired) electrons. The average molecular weight is 295 g/mol. The number of rotatable bonds is 4. The van der Waals surface area contributed by atoms with Gasteiger partial charge in [-0.2, -0.15) is 0 Å². The number of carboxylic acids is 2. The molecule has 0 aliphatic heterocycles. The van der Waals surface area contributed by atoms with Gasteiger partial charge in [0.2, 0.25) is 0 Å². The zero-order chi connectivity index (χ0) is 16.0. The summed E-state index contributed by atoms with van der Waals surface area (Å²) in [7, 11) is 5.26. The van der Waals surface area contributed by atoms with E-state index >= 15 is 0 Å². The molecule has 21 heavy (non-hydrogen) atoms. The molecule has 0 fully saturated rings.